The van der Waals surface area contributed by atoms with Gasteiger partial charge in [-0.1, -0.05) is 43.3 Å². The van der Waals surface area contributed by atoms with Gasteiger partial charge in [-0.2, -0.15) is 0 Å². The van der Waals surface area contributed by atoms with Gasteiger partial charge in [-0.15, -0.1) is 10.2 Å². The number of nitrogens with one attached hydrogen (secondary N) is 4. The second-order valence-corrected chi connectivity index (χ2v) is 17.8. The molecular weight excluding hydrogens is 867 g/mol. The summed E-state index contributed by atoms with van der Waals surface area (Å²) in [4.78, 5) is 30.1. The lowest BCUT2D eigenvalue weighted by Gasteiger charge is -2.33. The number of aromatic nitrogens is 8. The monoisotopic (exact) mass is 939 g/mol. The average Bonchev–Trinajstić information content (AvgIpc) is 3.99. The minimum absolute atomic E-state index is 0. The second-order valence-electron chi connectivity index (χ2n) is 17.8. The summed E-state index contributed by atoms with van der Waals surface area (Å²) in [6.07, 6.45) is 10.2. The third-order valence-electron chi connectivity index (χ3n) is 12.5. The zero-order valence-electron chi connectivity index (χ0n) is 39.4. The number of amides is 4. The summed E-state index contributed by atoms with van der Waals surface area (Å²) in [5.41, 5.74) is 6.58. The normalized spacial score (nSPS) is 16.4. The van der Waals surface area contributed by atoms with E-state index >= 15 is 0 Å². The number of unbranched alkanes of at least 4 members (excludes halogenated alkanes) is 1. The van der Waals surface area contributed by atoms with E-state index < -0.39 is 0 Å². The Morgan fingerprint density at radius 2 is 1.26 bits per heavy atom. The highest BCUT2D eigenvalue weighted by atomic mass is 19.1. The zero-order chi connectivity index (χ0) is 47.7. The van der Waals surface area contributed by atoms with Crippen LogP contribution in [-0.2, 0) is 33.4 Å². The summed E-state index contributed by atoms with van der Waals surface area (Å²) in [5, 5.41) is 35.3. The number of likely N-dealkylation sites (tertiary alicyclic amines) is 2. The summed E-state index contributed by atoms with van der Waals surface area (Å²) >= 11 is 0. The van der Waals surface area contributed by atoms with Crippen molar-refractivity contribution >= 4 is 23.4 Å². The highest BCUT2D eigenvalue weighted by molar-refractivity contribution is 5.91. The maximum atomic E-state index is 13.0. The van der Waals surface area contributed by atoms with Gasteiger partial charge in [0, 0.05) is 68.0 Å². The summed E-state index contributed by atoms with van der Waals surface area (Å²) in [7, 11) is 3.57. The Labute approximate surface area is 403 Å². The van der Waals surface area contributed by atoms with Crippen LogP contribution in [0, 0.1) is 17.6 Å². The lowest BCUT2D eigenvalue weighted by atomic mass is 9.97. The van der Waals surface area contributed by atoms with Crippen molar-refractivity contribution < 1.29 is 24.1 Å². The van der Waals surface area contributed by atoms with Crippen LogP contribution in [0.4, 0.5) is 29.7 Å². The summed E-state index contributed by atoms with van der Waals surface area (Å²) < 4.78 is 29.3. The van der Waals surface area contributed by atoms with E-state index in [1.54, 1.807) is 23.5 Å². The number of carbonyl (C=O) groups excluding carboxylic acids is 2. The number of benzene rings is 4. The highest BCUT2D eigenvalue weighted by Gasteiger charge is 2.22. The Bertz CT molecular complexity index is 2540. The molecule has 0 saturated carbocycles. The number of urea groups is 2. The van der Waals surface area contributed by atoms with Crippen LogP contribution in [0.1, 0.15) is 74.3 Å². The lowest BCUT2D eigenvalue weighted by molar-refractivity contribution is 0.171. The molecule has 2 fully saturated rings. The number of tetrazole rings is 2. The molecule has 4 amide bonds. The van der Waals surface area contributed by atoms with Crippen molar-refractivity contribution in [2.75, 3.05) is 56.4 Å². The Morgan fingerprint density at radius 3 is 1.93 bits per heavy atom. The van der Waals surface area contributed by atoms with Crippen LogP contribution in [0.25, 0.3) is 22.8 Å². The highest BCUT2D eigenvalue weighted by Crippen LogP contribution is 2.24. The fraction of sp³-hybridized carbons (Fsp3) is 0.440. The van der Waals surface area contributed by atoms with Gasteiger partial charge >= 0.3 is 12.1 Å². The molecule has 2 aliphatic rings. The molecule has 1 unspecified atom stereocenters. The molecule has 16 nitrogen and oxygen atoms in total. The van der Waals surface area contributed by atoms with E-state index in [0.717, 1.165) is 126 Å². The molecule has 18 heteroatoms. The molecule has 2 saturated heterocycles. The number of halogens is 2. The third-order valence-corrected chi connectivity index (χ3v) is 12.5. The molecule has 0 bridgehead atoms. The van der Waals surface area contributed by atoms with Gasteiger partial charge in [0.05, 0.1) is 0 Å². The van der Waals surface area contributed by atoms with E-state index in [2.05, 4.69) is 69.0 Å². The number of hydrogen-bond acceptors (Lipinski definition) is 10. The number of aryl methyl sites for hydroxylation is 5. The number of rotatable bonds is 17. The molecule has 368 valence electrons. The number of hydrogen-bond donors (Lipinski definition) is 4. The Morgan fingerprint density at radius 1 is 0.662 bits per heavy atom. The minimum atomic E-state index is -0.211. The minimum Gasteiger partial charge on any atom is -0.338 e. The molecule has 4 heterocycles. The molecule has 0 aliphatic carbocycles. The van der Waals surface area contributed by atoms with Gasteiger partial charge < -0.3 is 31.1 Å². The van der Waals surface area contributed by atoms with Gasteiger partial charge in [-0.25, -0.2) is 27.7 Å². The van der Waals surface area contributed by atoms with Gasteiger partial charge in [-0.3, -0.25) is 0 Å². The van der Waals surface area contributed by atoms with Crippen molar-refractivity contribution in [1.82, 2.24) is 60.8 Å². The summed E-state index contributed by atoms with van der Waals surface area (Å²) in [6.45, 7) is 8.74. The number of nitrogens with zero attached hydrogens (tertiary/aromatic N) is 10. The topological polar surface area (TPSA) is 176 Å². The Balaban J connectivity index is 0.000000361. The molecule has 0 spiro atoms. The molecule has 68 heavy (non-hydrogen) atoms. The van der Waals surface area contributed by atoms with Crippen molar-refractivity contribution in [2.45, 2.75) is 77.2 Å². The van der Waals surface area contributed by atoms with Gasteiger partial charge in [0.25, 0.3) is 0 Å². The van der Waals surface area contributed by atoms with Gasteiger partial charge in [0.1, 0.15) is 11.6 Å². The van der Waals surface area contributed by atoms with Crippen molar-refractivity contribution in [3.8, 4) is 22.8 Å². The van der Waals surface area contributed by atoms with Crippen LogP contribution in [-0.4, -0.2) is 114 Å². The van der Waals surface area contributed by atoms with E-state index in [9.17, 15) is 18.4 Å². The first-order valence-electron chi connectivity index (χ1n) is 23.8. The van der Waals surface area contributed by atoms with Crippen LogP contribution >= 0.6 is 0 Å². The summed E-state index contributed by atoms with van der Waals surface area (Å²) in [6, 6.07) is 26.6. The predicted octanol–water partition coefficient (Wildman–Crippen LogP) is 8.65. The van der Waals surface area contributed by atoms with Gasteiger partial charge in [-0.05, 0) is 188 Å². The SMILES string of the molecule is CCc1cc(NC(=O)N[C@@H]2CCCN(CCCCc3ccc(F)cc3)C2)cc(-c2nnnn2C)c1.Cn1nnnc1-c1cccc(NC(=O)NCC2CCCN(CCCc3ccc(F)cc3)C2)c1.[HH].[HH].[HH].[HH]. The molecule has 2 aromatic heterocycles. The molecule has 4 N–H and O–H groups in total. The maximum Gasteiger partial charge on any atom is 0.319 e. The standard InChI is InChI=1S/C26H34FN7O.C24H30FN7O.4H2/c1-3-19-15-21(25-30-31-32-33(25)2)17-24(16-19)29-26(35)28-23-8-6-14-34(18-23)13-5-4-7-20-9-11-22(27)12-10-20;1-31-23(28-29-30-31)20-7-2-8-22(15-20)27-24(33)26-16-19-6-4-14-32(17-19)13-3-5-18-9-11-21(25)12-10-18;;;;/h9-12,15-17,23H,3-8,13-14,18H2,1-2H3,(H2,28,29,35);2,7-12,15,19H,3-6,13-14,16-17H2,1H3,(H2,26,27,33);4*1H/t23-;;;;;/m1...../s1. The predicted molar refractivity (Wildman–Crippen MR) is 268 cm³/mol. The molecule has 8 rings (SSSR count). The largest absolute Gasteiger partial charge is 0.338 e. The molecule has 6 aromatic rings. The number of carbonyl (C=O) groups is 2. The maximum absolute atomic E-state index is 13.0. The van der Waals surface area contributed by atoms with E-state index in [-0.39, 0.29) is 35.4 Å². The first-order valence-corrected chi connectivity index (χ1v) is 23.8. The fourth-order valence-corrected chi connectivity index (χ4v) is 8.92. The lowest BCUT2D eigenvalue weighted by Crippen LogP contribution is -2.49. The second kappa shape index (κ2) is 24.9. The van der Waals surface area contributed by atoms with Crippen molar-refractivity contribution in [1.29, 1.82) is 0 Å². The van der Waals surface area contributed by atoms with Crippen LogP contribution < -0.4 is 21.3 Å². The van der Waals surface area contributed by atoms with Crippen LogP contribution in [0.3, 0.4) is 0 Å². The first-order chi connectivity index (χ1) is 33.1. The van der Waals surface area contributed by atoms with Gasteiger partial charge in [0.2, 0.25) is 0 Å². The molecule has 4 aromatic carbocycles. The molecule has 2 atom stereocenters. The van der Waals surface area contributed by atoms with Crippen LogP contribution in [0.2, 0.25) is 0 Å². The Hall–Kier alpha value is -6.66. The third kappa shape index (κ3) is 15.2. The Kier molecular flexibility index (Phi) is 18.0. The molecule has 0 radical (unpaired) electrons. The number of anilines is 2. The summed E-state index contributed by atoms with van der Waals surface area (Å²) in [5.74, 6) is 1.36. The van der Waals surface area contributed by atoms with E-state index in [0.29, 0.717) is 29.8 Å². The van der Waals surface area contributed by atoms with E-state index in [1.165, 1.54) is 35.4 Å². The van der Waals surface area contributed by atoms with E-state index in [4.69, 9.17) is 0 Å². The van der Waals surface area contributed by atoms with Crippen molar-refractivity contribution in [3.05, 3.63) is 119 Å². The smallest absolute Gasteiger partial charge is 0.319 e. The quantitative estimate of drug-likeness (QED) is 0.0648. The first kappa shape index (κ1) is 49.3. The van der Waals surface area contributed by atoms with Crippen LogP contribution in [0.5, 0.6) is 0 Å². The molecule has 2 aliphatic heterocycles. The fourth-order valence-electron chi connectivity index (χ4n) is 8.92. The van der Waals surface area contributed by atoms with Crippen molar-refractivity contribution in [3.63, 3.8) is 0 Å². The molecular formula is C50H72F2N14O2. The zero-order valence-corrected chi connectivity index (χ0v) is 39.4. The van der Waals surface area contributed by atoms with Crippen molar-refractivity contribution in [2.24, 2.45) is 20.0 Å². The van der Waals surface area contributed by atoms with Crippen LogP contribution in [0.15, 0.2) is 91.0 Å². The van der Waals surface area contributed by atoms with Gasteiger partial charge in [0.15, 0.2) is 11.6 Å². The average molecular weight is 939 g/mol. The number of piperidine rings is 2. The van der Waals surface area contributed by atoms with E-state index in [1.807, 2.05) is 66.7 Å².